The van der Waals surface area contributed by atoms with Gasteiger partial charge < -0.3 is 9.84 Å². The van der Waals surface area contributed by atoms with Crippen molar-refractivity contribution in [3.63, 3.8) is 0 Å². The van der Waals surface area contributed by atoms with E-state index in [1.54, 1.807) is 6.08 Å². The highest BCUT2D eigenvalue weighted by Gasteiger charge is 1.97. The number of ether oxygens (including phenoxy) is 1. The van der Waals surface area contributed by atoms with Gasteiger partial charge >= 0.3 is 5.97 Å². The molecule has 3 heteroatoms. The van der Waals surface area contributed by atoms with Gasteiger partial charge in [-0.25, -0.2) is 0 Å². The molecule has 1 N–H and O–H groups in total. The van der Waals surface area contributed by atoms with Crippen LogP contribution in [0, 0.1) is 0 Å². The summed E-state index contributed by atoms with van der Waals surface area (Å²) < 4.78 is 4.57. The van der Waals surface area contributed by atoms with E-state index in [2.05, 4.69) is 36.0 Å². The van der Waals surface area contributed by atoms with E-state index in [9.17, 15) is 9.90 Å². The zero-order valence-electron chi connectivity index (χ0n) is 16.2. The van der Waals surface area contributed by atoms with Crippen LogP contribution in [0.15, 0.2) is 72.9 Å². The topological polar surface area (TPSA) is 46.5 Å². The molecule has 0 heterocycles. The van der Waals surface area contributed by atoms with E-state index >= 15 is 0 Å². The van der Waals surface area contributed by atoms with Gasteiger partial charge in [0, 0.05) is 6.42 Å². The summed E-state index contributed by atoms with van der Waals surface area (Å²) in [4.78, 5) is 10.9. The molecule has 0 fully saturated rings. The maximum Gasteiger partial charge on any atom is 0.305 e. The Hall–Kier alpha value is -2.13. The van der Waals surface area contributed by atoms with Crippen molar-refractivity contribution in [1.29, 1.82) is 0 Å². The van der Waals surface area contributed by atoms with Crippen LogP contribution >= 0.6 is 0 Å². The fraction of sp³-hybridized carbons (Fsp3) is 0.435. The van der Waals surface area contributed by atoms with Crippen LogP contribution in [0.4, 0.5) is 0 Å². The summed E-state index contributed by atoms with van der Waals surface area (Å²) in [5.41, 5.74) is 0. The Morgan fingerprint density at radius 3 is 2.19 bits per heavy atom. The molecule has 1 atom stereocenters. The van der Waals surface area contributed by atoms with Gasteiger partial charge in [0.2, 0.25) is 0 Å². The minimum atomic E-state index is -0.454. The number of carbonyl (C=O) groups excluding carboxylic acids is 1. The van der Waals surface area contributed by atoms with Gasteiger partial charge in [0.05, 0.1) is 13.2 Å². The summed E-state index contributed by atoms with van der Waals surface area (Å²) in [6.07, 6.45) is 29.3. The highest BCUT2D eigenvalue weighted by Crippen LogP contribution is 2.02. The van der Waals surface area contributed by atoms with Crippen LogP contribution in [0.1, 0.15) is 51.9 Å². The molecule has 0 bridgehead atoms. The molecule has 0 spiro atoms. The standard InChI is InChI=1S/C23H34O3/c1-3-4-5-6-7-8-9-10-11-12-13-16-19-22(24)20-17-14-15-18-21-23(25)26-2/h4-5,8-16,19,22,24H,3,6-7,17-18,20-21H2,1-2H3/b5-4-,9-8+,11-10-,13-12+,15-14-,19-16+. The minimum Gasteiger partial charge on any atom is -0.469 e. The van der Waals surface area contributed by atoms with Gasteiger partial charge in [0.25, 0.3) is 0 Å². The number of hydrogen-bond donors (Lipinski definition) is 1. The van der Waals surface area contributed by atoms with Gasteiger partial charge in [-0.1, -0.05) is 79.8 Å². The summed E-state index contributed by atoms with van der Waals surface area (Å²) >= 11 is 0. The molecular formula is C23H34O3. The number of unbranched alkanes of at least 4 members (excludes halogenated alkanes) is 1. The van der Waals surface area contributed by atoms with Crippen molar-refractivity contribution in [1.82, 2.24) is 0 Å². The molecular weight excluding hydrogens is 324 g/mol. The molecule has 144 valence electrons. The van der Waals surface area contributed by atoms with Crippen molar-refractivity contribution < 1.29 is 14.6 Å². The molecule has 0 aromatic carbocycles. The zero-order valence-corrected chi connectivity index (χ0v) is 16.2. The molecule has 0 amide bonds. The third kappa shape index (κ3) is 18.2. The highest BCUT2D eigenvalue weighted by molar-refractivity contribution is 5.69. The predicted octanol–water partition coefficient (Wildman–Crippen LogP) is 5.61. The van der Waals surface area contributed by atoms with Crippen molar-refractivity contribution in [2.75, 3.05) is 7.11 Å². The van der Waals surface area contributed by atoms with Crippen molar-refractivity contribution in [3.05, 3.63) is 72.9 Å². The third-order valence-electron chi connectivity index (χ3n) is 3.47. The molecule has 0 aliphatic rings. The minimum absolute atomic E-state index is 0.196. The smallest absolute Gasteiger partial charge is 0.305 e. The highest BCUT2D eigenvalue weighted by atomic mass is 16.5. The average molecular weight is 359 g/mol. The van der Waals surface area contributed by atoms with E-state index in [0.29, 0.717) is 19.3 Å². The van der Waals surface area contributed by atoms with Gasteiger partial charge in [-0.2, -0.15) is 0 Å². The van der Waals surface area contributed by atoms with Crippen LogP contribution in [0.5, 0.6) is 0 Å². The first-order valence-electron chi connectivity index (χ1n) is 9.42. The quantitative estimate of drug-likeness (QED) is 0.190. The summed E-state index contributed by atoms with van der Waals surface area (Å²) in [7, 11) is 1.39. The molecule has 0 aromatic heterocycles. The Labute approximate surface area is 159 Å². The monoisotopic (exact) mass is 358 g/mol. The Balaban J connectivity index is 3.75. The van der Waals surface area contributed by atoms with Crippen LogP contribution in [0.25, 0.3) is 0 Å². The molecule has 0 saturated carbocycles. The zero-order chi connectivity index (χ0) is 19.3. The van der Waals surface area contributed by atoms with Gasteiger partial charge in [0.1, 0.15) is 0 Å². The van der Waals surface area contributed by atoms with E-state index in [1.165, 1.54) is 7.11 Å². The molecule has 0 aliphatic carbocycles. The fourth-order valence-corrected chi connectivity index (χ4v) is 2.00. The van der Waals surface area contributed by atoms with Gasteiger partial charge in [-0.05, 0) is 38.5 Å². The number of rotatable bonds is 14. The van der Waals surface area contributed by atoms with Gasteiger partial charge in [0.15, 0.2) is 0 Å². The van der Waals surface area contributed by atoms with Gasteiger partial charge in [-0.3, -0.25) is 4.79 Å². The number of aliphatic hydroxyl groups is 1. The fourth-order valence-electron chi connectivity index (χ4n) is 2.00. The van der Waals surface area contributed by atoms with Crippen LogP contribution in [-0.4, -0.2) is 24.3 Å². The second-order valence-corrected chi connectivity index (χ2v) is 5.77. The largest absolute Gasteiger partial charge is 0.469 e. The Kier molecular flexibility index (Phi) is 17.6. The number of carbonyl (C=O) groups is 1. The third-order valence-corrected chi connectivity index (χ3v) is 3.47. The number of hydrogen-bond acceptors (Lipinski definition) is 3. The molecule has 1 unspecified atom stereocenters. The molecule has 0 aromatic rings. The second-order valence-electron chi connectivity index (χ2n) is 5.77. The van der Waals surface area contributed by atoms with E-state index in [1.807, 2.05) is 42.5 Å². The van der Waals surface area contributed by atoms with Crippen LogP contribution in [-0.2, 0) is 9.53 Å². The maximum atomic E-state index is 10.9. The van der Waals surface area contributed by atoms with Crippen LogP contribution < -0.4 is 0 Å². The van der Waals surface area contributed by atoms with Crippen molar-refractivity contribution in [3.8, 4) is 0 Å². The summed E-state index contributed by atoms with van der Waals surface area (Å²) in [6, 6.07) is 0. The predicted molar refractivity (Wildman–Crippen MR) is 111 cm³/mol. The molecule has 0 aliphatic heterocycles. The number of esters is 1. The Morgan fingerprint density at radius 1 is 0.846 bits per heavy atom. The van der Waals surface area contributed by atoms with E-state index < -0.39 is 6.10 Å². The molecule has 3 nitrogen and oxygen atoms in total. The lowest BCUT2D eigenvalue weighted by Crippen LogP contribution is -2.00. The van der Waals surface area contributed by atoms with Crippen molar-refractivity contribution >= 4 is 5.97 Å². The first-order valence-corrected chi connectivity index (χ1v) is 9.42. The van der Waals surface area contributed by atoms with Gasteiger partial charge in [-0.15, -0.1) is 0 Å². The van der Waals surface area contributed by atoms with E-state index in [4.69, 9.17) is 0 Å². The maximum absolute atomic E-state index is 10.9. The van der Waals surface area contributed by atoms with E-state index in [-0.39, 0.29) is 5.97 Å². The lowest BCUT2D eigenvalue weighted by molar-refractivity contribution is -0.140. The van der Waals surface area contributed by atoms with E-state index in [0.717, 1.165) is 25.7 Å². The average Bonchev–Trinajstić information content (AvgIpc) is 2.65. The number of methoxy groups -OCH3 is 1. The van der Waals surface area contributed by atoms with Crippen LogP contribution in [0.2, 0.25) is 0 Å². The summed E-state index contributed by atoms with van der Waals surface area (Å²) in [5.74, 6) is -0.196. The number of allylic oxidation sites excluding steroid dienone is 11. The second kappa shape index (κ2) is 19.2. The van der Waals surface area contributed by atoms with Crippen molar-refractivity contribution in [2.24, 2.45) is 0 Å². The van der Waals surface area contributed by atoms with Crippen LogP contribution in [0.3, 0.4) is 0 Å². The van der Waals surface area contributed by atoms with Crippen molar-refractivity contribution in [2.45, 2.75) is 58.0 Å². The summed E-state index contributed by atoms with van der Waals surface area (Å²) in [6.45, 7) is 2.14. The molecule has 0 radical (unpaired) electrons. The Morgan fingerprint density at radius 2 is 1.46 bits per heavy atom. The lowest BCUT2D eigenvalue weighted by Gasteiger charge is -2.01. The Bertz CT molecular complexity index is 508. The number of aliphatic hydroxyl groups excluding tert-OH is 1. The molecule has 0 saturated heterocycles. The first-order chi connectivity index (χ1) is 12.7. The summed E-state index contributed by atoms with van der Waals surface area (Å²) in [5, 5.41) is 9.83. The SMILES string of the molecule is CC/C=C\CC/C=C/C=C\C=C\C=C\C(O)CC/C=C\CCC(=O)OC. The lowest BCUT2D eigenvalue weighted by atomic mass is 10.1. The normalized spacial score (nSPS) is 14.1. The first kappa shape index (κ1) is 23.9. The molecule has 0 rings (SSSR count). The molecule has 26 heavy (non-hydrogen) atoms.